The van der Waals surface area contributed by atoms with Crippen molar-refractivity contribution in [3.8, 4) is 5.75 Å². The van der Waals surface area contributed by atoms with E-state index in [1.165, 1.54) is 21.3 Å². The number of piperazine rings is 1. The van der Waals surface area contributed by atoms with Crippen LogP contribution in [0.25, 0.3) is 0 Å². The van der Waals surface area contributed by atoms with Gasteiger partial charge in [0, 0.05) is 39.3 Å². The van der Waals surface area contributed by atoms with Gasteiger partial charge in [-0.25, -0.2) is 8.42 Å². The van der Waals surface area contributed by atoms with E-state index in [0.717, 1.165) is 19.6 Å². The molecule has 2 heterocycles. The molecular formula is C20H30N4O5S. The molecule has 0 aromatic heterocycles. The zero-order chi connectivity index (χ0) is 21.9. The van der Waals surface area contributed by atoms with Crippen molar-refractivity contribution in [1.82, 2.24) is 14.1 Å². The fourth-order valence-corrected chi connectivity index (χ4v) is 5.26. The Morgan fingerprint density at radius 1 is 1.10 bits per heavy atom. The number of carbonyl (C=O) groups is 2. The predicted molar refractivity (Wildman–Crippen MR) is 113 cm³/mol. The van der Waals surface area contributed by atoms with Crippen LogP contribution < -0.4 is 9.64 Å². The minimum Gasteiger partial charge on any atom is -0.482 e. The summed E-state index contributed by atoms with van der Waals surface area (Å²) in [6.07, 6.45) is 0. The molecule has 0 saturated carbocycles. The van der Waals surface area contributed by atoms with Gasteiger partial charge >= 0.3 is 0 Å². The number of ether oxygens (including phenoxy) is 1. The molecule has 30 heavy (non-hydrogen) atoms. The van der Waals surface area contributed by atoms with Crippen LogP contribution in [0.2, 0.25) is 0 Å². The third-order valence-electron chi connectivity index (χ3n) is 5.68. The highest BCUT2D eigenvalue weighted by Gasteiger charge is 2.32. The van der Waals surface area contributed by atoms with Crippen LogP contribution >= 0.6 is 0 Å². The van der Waals surface area contributed by atoms with E-state index in [2.05, 4.69) is 11.8 Å². The summed E-state index contributed by atoms with van der Waals surface area (Å²) in [6.45, 7) is 9.82. The molecule has 0 aliphatic carbocycles. The van der Waals surface area contributed by atoms with Crippen molar-refractivity contribution in [3.63, 3.8) is 0 Å². The van der Waals surface area contributed by atoms with Gasteiger partial charge in [-0.1, -0.05) is 20.8 Å². The molecule has 166 valence electrons. The summed E-state index contributed by atoms with van der Waals surface area (Å²) in [5.74, 6) is -0.110. The molecule has 2 aliphatic rings. The second-order valence-electron chi connectivity index (χ2n) is 7.30. The van der Waals surface area contributed by atoms with Crippen molar-refractivity contribution < 1.29 is 22.7 Å². The fraction of sp³-hybridized carbons (Fsp3) is 0.600. The molecule has 0 N–H and O–H groups in total. The van der Waals surface area contributed by atoms with Gasteiger partial charge in [0.15, 0.2) is 6.61 Å². The Morgan fingerprint density at radius 2 is 1.77 bits per heavy atom. The van der Waals surface area contributed by atoms with E-state index in [1.807, 2.05) is 0 Å². The Balaban J connectivity index is 1.84. The molecule has 0 spiro atoms. The van der Waals surface area contributed by atoms with E-state index < -0.39 is 10.0 Å². The zero-order valence-corrected chi connectivity index (χ0v) is 18.7. The molecule has 0 atom stereocenters. The van der Waals surface area contributed by atoms with Gasteiger partial charge in [-0.3, -0.25) is 14.5 Å². The molecule has 10 heteroatoms. The Bertz CT molecular complexity index is 892. The molecule has 0 unspecified atom stereocenters. The third kappa shape index (κ3) is 4.45. The van der Waals surface area contributed by atoms with Gasteiger partial charge in [0.05, 0.1) is 10.6 Å². The van der Waals surface area contributed by atoms with Crippen molar-refractivity contribution in [2.45, 2.75) is 25.7 Å². The summed E-state index contributed by atoms with van der Waals surface area (Å²) in [7, 11) is -3.69. The maximum Gasteiger partial charge on any atom is 0.265 e. The third-order valence-corrected chi connectivity index (χ3v) is 7.73. The zero-order valence-electron chi connectivity index (χ0n) is 17.8. The van der Waals surface area contributed by atoms with Crippen LogP contribution in [0.15, 0.2) is 23.1 Å². The molecule has 2 aliphatic heterocycles. The van der Waals surface area contributed by atoms with Crippen LogP contribution in [-0.2, 0) is 19.6 Å². The van der Waals surface area contributed by atoms with E-state index in [1.54, 1.807) is 24.8 Å². The lowest BCUT2D eigenvalue weighted by atomic mass is 10.2. The SMILES string of the molecule is CCN1CCN(C(=O)CN2C(=O)COc3ccc(S(=O)(=O)N(CC)CC)cc32)CC1. The van der Waals surface area contributed by atoms with Gasteiger partial charge < -0.3 is 14.5 Å². The Kier molecular flexibility index (Phi) is 6.99. The highest BCUT2D eigenvalue weighted by Crippen LogP contribution is 2.35. The lowest BCUT2D eigenvalue weighted by Gasteiger charge is -2.36. The molecule has 0 radical (unpaired) electrons. The average Bonchev–Trinajstić information content (AvgIpc) is 2.76. The van der Waals surface area contributed by atoms with E-state index in [0.29, 0.717) is 37.6 Å². The van der Waals surface area contributed by atoms with Crippen LogP contribution in [0.4, 0.5) is 5.69 Å². The number of sulfonamides is 1. The second kappa shape index (κ2) is 9.32. The van der Waals surface area contributed by atoms with E-state index >= 15 is 0 Å². The Morgan fingerprint density at radius 3 is 2.37 bits per heavy atom. The monoisotopic (exact) mass is 438 g/mol. The lowest BCUT2D eigenvalue weighted by molar-refractivity contribution is -0.133. The first-order valence-electron chi connectivity index (χ1n) is 10.4. The van der Waals surface area contributed by atoms with Gasteiger partial charge in [-0.15, -0.1) is 0 Å². The number of carbonyl (C=O) groups excluding carboxylic acids is 2. The maximum absolute atomic E-state index is 12.9. The average molecular weight is 439 g/mol. The molecule has 3 rings (SSSR count). The van der Waals surface area contributed by atoms with Gasteiger partial charge in [-0.2, -0.15) is 4.31 Å². The summed E-state index contributed by atoms with van der Waals surface area (Å²) >= 11 is 0. The first kappa shape index (κ1) is 22.5. The first-order chi connectivity index (χ1) is 14.3. The lowest BCUT2D eigenvalue weighted by Crippen LogP contribution is -2.52. The van der Waals surface area contributed by atoms with Crippen LogP contribution in [0.3, 0.4) is 0 Å². The Labute approximate surface area is 178 Å². The van der Waals surface area contributed by atoms with Gasteiger partial charge in [0.1, 0.15) is 12.3 Å². The minimum atomic E-state index is -3.69. The minimum absolute atomic E-state index is 0.0808. The molecule has 1 fully saturated rings. The summed E-state index contributed by atoms with van der Waals surface area (Å²) in [5.41, 5.74) is 0.319. The van der Waals surface area contributed by atoms with Crippen molar-refractivity contribution in [2.24, 2.45) is 0 Å². The number of hydrogen-bond acceptors (Lipinski definition) is 6. The topological polar surface area (TPSA) is 90.5 Å². The number of fused-ring (bicyclic) bond motifs is 1. The largest absolute Gasteiger partial charge is 0.482 e. The van der Waals surface area contributed by atoms with Crippen molar-refractivity contribution in [3.05, 3.63) is 18.2 Å². The maximum atomic E-state index is 12.9. The van der Waals surface area contributed by atoms with E-state index in [9.17, 15) is 18.0 Å². The molecule has 1 aromatic rings. The Hall–Kier alpha value is -2.17. The molecule has 0 bridgehead atoms. The normalized spacial score (nSPS) is 17.8. The number of nitrogens with zero attached hydrogens (tertiary/aromatic N) is 4. The number of rotatable bonds is 7. The van der Waals surface area contributed by atoms with E-state index in [4.69, 9.17) is 4.74 Å². The first-order valence-corrected chi connectivity index (χ1v) is 11.8. The van der Waals surface area contributed by atoms with Crippen molar-refractivity contribution in [2.75, 3.05) is 63.9 Å². The molecule has 2 amide bonds. The standard InChI is InChI=1S/C20H30N4O5S/c1-4-21-9-11-22(12-10-21)19(25)14-24-17-13-16(30(27,28)23(5-2)6-3)7-8-18(17)29-15-20(24)26/h7-8,13H,4-6,9-12,14-15H2,1-3H3. The number of hydrogen-bond donors (Lipinski definition) is 0. The number of likely N-dealkylation sites (N-methyl/N-ethyl adjacent to an activating group) is 1. The number of benzene rings is 1. The number of anilines is 1. The van der Waals surface area contributed by atoms with Crippen molar-refractivity contribution >= 4 is 27.5 Å². The molecule has 1 saturated heterocycles. The van der Waals surface area contributed by atoms with Gasteiger partial charge in [0.2, 0.25) is 15.9 Å². The highest BCUT2D eigenvalue weighted by atomic mass is 32.2. The van der Waals surface area contributed by atoms with Gasteiger partial charge in [-0.05, 0) is 24.7 Å². The predicted octanol–water partition coefficient (Wildman–Crippen LogP) is 0.607. The highest BCUT2D eigenvalue weighted by molar-refractivity contribution is 7.89. The van der Waals surface area contributed by atoms with Gasteiger partial charge in [0.25, 0.3) is 5.91 Å². The van der Waals surface area contributed by atoms with Crippen LogP contribution in [-0.4, -0.2) is 93.3 Å². The van der Waals surface area contributed by atoms with E-state index in [-0.39, 0.29) is 29.9 Å². The summed E-state index contributed by atoms with van der Waals surface area (Å²) in [4.78, 5) is 30.8. The fourth-order valence-electron chi connectivity index (χ4n) is 3.78. The van der Waals surface area contributed by atoms with Crippen LogP contribution in [0.1, 0.15) is 20.8 Å². The smallest absolute Gasteiger partial charge is 0.265 e. The molecule has 1 aromatic carbocycles. The second-order valence-corrected chi connectivity index (χ2v) is 9.24. The van der Waals surface area contributed by atoms with Crippen molar-refractivity contribution in [1.29, 1.82) is 0 Å². The van der Waals surface area contributed by atoms with Crippen LogP contribution in [0.5, 0.6) is 5.75 Å². The summed E-state index contributed by atoms with van der Waals surface area (Å²) in [6, 6.07) is 4.46. The summed E-state index contributed by atoms with van der Waals surface area (Å²) in [5, 5.41) is 0. The van der Waals surface area contributed by atoms with Crippen LogP contribution in [0, 0.1) is 0 Å². The number of amides is 2. The molecular weight excluding hydrogens is 408 g/mol. The molecule has 9 nitrogen and oxygen atoms in total. The quantitative estimate of drug-likeness (QED) is 0.620. The summed E-state index contributed by atoms with van der Waals surface area (Å²) < 4.78 is 32.6.